The van der Waals surface area contributed by atoms with E-state index >= 15 is 0 Å². The Bertz CT molecular complexity index is 2650. The van der Waals surface area contributed by atoms with Crippen molar-refractivity contribution in [2.24, 2.45) is 0 Å². The van der Waals surface area contributed by atoms with E-state index in [0.717, 1.165) is 16.6 Å². The van der Waals surface area contributed by atoms with Gasteiger partial charge in [-0.05, 0) is 95.7 Å². The lowest BCUT2D eigenvalue weighted by atomic mass is 9.81. The van der Waals surface area contributed by atoms with Crippen LogP contribution in [0.5, 0.6) is 0 Å². The van der Waals surface area contributed by atoms with Crippen molar-refractivity contribution in [1.29, 1.82) is 0 Å². The Hall–Kier alpha value is -5.66. The predicted molar refractivity (Wildman–Crippen MR) is 195 cm³/mol. The van der Waals surface area contributed by atoms with Gasteiger partial charge in [-0.25, -0.2) is 0 Å². The molecule has 1 aliphatic rings. The molecule has 0 atom stereocenters. The van der Waals surface area contributed by atoms with Crippen LogP contribution in [0.3, 0.4) is 0 Å². The summed E-state index contributed by atoms with van der Waals surface area (Å²) in [5, 5.41) is 9.83. The highest BCUT2D eigenvalue weighted by Crippen LogP contribution is 2.53. The van der Waals surface area contributed by atoms with Gasteiger partial charge >= 0.3 is 0 Å². The van der Waals surface area contributed by atoms with Crippen LogP contribution in [0.4, 0.5) is 0 Å². The van der Waals surface area contributed by atoms with E-state index in [-0.39, 0.29) is 5.41 Å². The second-order valence-corrected chi connectivity index (χ2v) is 13.3. The number of hydrogen-bond donors (Lipinski definition) is 0. The van der Waals surface area contributed by atoms with Crippen LogP contribution in [0.15, 0.2) is 150 Å². The molecule has 0 saturated heterocycles. The number of hydrogen-bond acceptors (Lipinski definition) is 1. The average Bonchev–Trinajstić information content (AvgIpc) is 3.58. The minimum Gasteiger partial charge on any atom is -0.455 e. The lowest BCUT2D eigenvalue weighted by Crippen LogP contribution is -2.14. The van der Waals surface area contributed by atoms with E-state index in [0.29, 0.717) is 0 Å². The third kappa shape index (κ3) is 3.40. The summed E-state index contributed by atoms with van der Waals surface area (Å²) in [7, 11) is 0. The fraction of sp³-hybridized carbons (Fsp3) is 0.0667. The van der Waals surface area contributed by atoms with E-state index in [1.54, 1.807) is 0 Å². The highest BCUT2D eigenvalue weighted by atomic mass is 16.3. The maximum Gasteiger partial charge on any atom is 0.143 e. The van der Waals surface area contributed by atoms with Crippen LogP contribution >= 0.6 is 0 Å². The maximum absolute atomic E-state index is 6.62. The van der Waals surface area contributed by atoms with Gasteiger partial charge in [-0.15, -0.1) is 0 Å². The molecule has 0 N–H and O–H groups in total. The molecule has 9 aromatic rings. The summed E-state index contributed by atoms with van der Waals surface area (Å²) in [5.74, 6) is 0. The van der Waals surface area contributed by atoms with Gasteiger partial charge < -0.3 is 4.42 Å². The van der Waals surface area contributed by atoms with Gasteiger partial charge in [-0.1, -0.05) is 135 Å². The molecule has 1 nitrogen and oxygen atoms in total. The molecule has 1 aromatic heterocycles. The summed E-state index contributed by atoms with van der Waals surface area (Å²) < 4.78 is 6.62. The maximum atomic E-state index is 6.62. The van der Waals surface area contributed by atoms with Gasteiger partial charge in [0.2, 0.25) is 0 Å². The number of furan rings is 1. The Morgan fingerprint density at radius 1 is 0.413 bits per heavy atom. The third-order valence-corrected chi connectivity index (χ3v) is 10.4. The second kappa shape index (κ2) is 9.19. The van der Waals surface area contributed by atoms with Gasteiger partial charge in [0.25, 0.3) is 0 Å². The smallest absolute Gasteiger partial charge is 0.143 e. The van der Waals surface area contributed by atoms with Crippen molar-refractivity contribution in [1.82, 2.24) is 0 Å². The van der Waals surface area contributed by atoms with Gasteiger partial charge in [-0.3, -0.25) is 0 Å². The third-order valence-electron chi connectivity index (χ3n) is 10.4. The minimum atomic E-state index is -0.139. The molecule has 1 heterocycles. The average molecular weight is 587 g/mol. The number of rotatable bonds is 2. The van der Waals surface area contributed by atoms with E-state index in [1.807, 2.05) is 0 Å². The van der Waals surface area contributed by atoms with Gasteiger partial charge in [0.1, 0.15) is 11.2 Å². The molecule has 0 spiro atoms. The van der Waals surface area contributed by atoms with Gasteiger partial charge in [-0.2, -0.15) is 0 Å². The topological polar surface area (TPSA) is 13.1 Å². The van der Waals surface area contributed by atoms with Crippen molar-refractivity contribution in [2.45, 2.75) is 19.3 Å². The van der Waals surface area contributed by atoms with Gasteiger partial charge in [0.15, 0.2) is 0 Å². The molecule has 10 rings (SSSR count). The zero-order chi connectivity index (χ0) is 30.6. The first-order valence-corrected chi connectivity index (χ1v) is 16.1. The highest BCUT2D eigenvalue weighted by molar-refractivity contribution is 6.22. The Morgan fingerprint density at radius 3 is 1.70 bits per heavy atom. The van der Waals surface area contributed by atoms with Crippen LogP contribution in [-0.2, 0) is 5.41 Å². The van der Waals surface area contributed by atoms with Crippen LogP contribution in [0.1, 0.15) is 25.0 Å². The molecule has 0 unspecified atom stereocenters. The largest absolute Gasteiger partial charge is 0.455 e. The summed E-state index contributed by atoms with van der Waals surface area (Å²) in [5.41, 5.74) is 12.2. The first-order chi connectivity index (χ1) is 22.6. The fourth-order valence-electron chi connectivity index (χ4n) is 8.26. The fourth-order valence-corrected chi connectivity index (χ4v) is 8.26. The molecule has 216 valence electrons. The van der Waals surface area contributed by atoms with E-state index < -0.39 is 0 Å². The lowest BCUT2D eigenvalue weighted by molar-refractivity contribution is 0.648. The first-order valence-electron chi connectivity index (χ1n) is 16.1. The summed E-state index contributed by atoms with van der Waals surface area (Å²) >= 11 is 0. The van der Waals surface area contributed by atoms with E-state index in [4.69, 9.17) is 4.42 Å². The number of fused-ring (bicyclic) bond motifs is 10. The molecule has 0 fully saturated rings. The molecule has 46 heavy (non-hydrogen) atoms. The van der Waals surface area contributed by atoms with Gasteiger partial charge in [0.05, 0.1) is 0 Å². The normalized spacial score (nSPS) is 13.6. The van der Waals surface area contributed by atoms with Crippen molar-refractivity contribution < 1.29 is 4.42 Å². The molecule has 8 aromatic carbocycles. The Kier molecular flexibility index (Phi) is 5.12. The van der Waals surface area contributed by atoms with Crippen LogP contribution < -0.4 is 0 Å². The lowest BCUT2D eigenvalue weighted by Gasteiger charge is -2.22. The monoisotopic (exact) mass is 586 g/mol. The highest BCUT2D eigenvalue weighted by Gasteiger charge is 2.36. The predicted octanol–water partition coefficient (Wildman–Crippen LogP) is 12.7. The van der Waals surface area contributed by atoms with Crippen molar-refractivity contribution in [2.75, 3.05) is 0 Å². The van der Waals surface area contributed by atoms with E-state index in [9.17, 15) is 0 Å². The molecule has 0 aliphatic heterocycles. The van der Waals surface area contributed by atoms with Crippen molar-refractivity contribution in [3.05, 3.63) is 157 Å². The van der Waals surface area contributed by atoms with Crippen LogP contribution in [0, 0.1) is 0 Å². The van der Waals surface area contributed by atoms with Gasteiger partial charge in [0, 0.05) is 21.6 Å². The van der Waals surface area contributed by atoms with Crippen LogP contribution in [0.25, 0.3) is 87.6 Å². The quantitative estimate of drug-likeness (QED) is 0.184. The molecule has 1 aliphatic carbocycles. The Labute approximate surface area is 267 Å². The Balaban J connectivity index is 1.25. The zero-order valence-electron chi connectivity index (χ0n) is 25.8. The molecular formula is C45H30O. The molecule has 0 saturated carbocycles. The van der Waals surface area contributed by atoms with Crippen molar-refractivity contribution in [3.63, 3.8) is 0 Å². The Morgan fingerprint density at radius 2 is 1.00 bits per heavy atom. The van der Waals surface area contributed by atoms with Crippen LogP contribution in [0.2, 0.25) is 0 Å². The standard InChI is InChI=1S/C45H30O/c1-45(2)39-23-21-29(43-33-18-10-8-16-31(33)42(28-13-4-3-5-14-28)32-17-9-11-19-34(32)43)24-36(39)37-25-38-35-22-20-27-12-6-7-15-30(27)44(35)46-41(38)26-40(37)45/h3-26H,1-2H3. The van der Waals surface area contributed by atoms with Crippen LogP contribution in [-0.4, -0.2) is 0 Å². The van der Waals surface area contributed by atoms with E-state index in [1.165, 1.54) is 82.2 Å². The summed E-state index contributed by atoms with van der Waals surface area (Å²) in [6.45, 7) is 4.70. The van der Waals surface area contributed by atoms with E-state index in [2.05, 4.69) is 159 Å². The number of benzene rings is 8. The molecule has 0 amide bonds. The second-order valence-electron chi connectivity index (χ2n) is 13.3. The molecule has 0 radical (unpaired) electrons. The van der Waals surface area contributed by atoms with Crippen molar-refractivity contribution in [3.8, 4) is 33.4 Å². The summed E-state index contributed by atoms with van der Waals surface area (Å²) in [6.07, 6.45) is 0. The summed E-state index contributed by atoms with van der Waals surface area (Å²) in [4.78, 5) is 0. The minimum absolute atomic E-state index is 0.139. The SMILES string of the molecule is CC1(C)c2ccc(-c3c4ccccc4c(-c4ccccc4)c4ccccc34)cc2-c2cc3c(cc21)oc1c2ccccc2ccc31. The first kappa shape index (κ1) is 25.6. The molecule has 1 heteroatoms. The summed E-state index contributed by atoms with van der Waals surface area (Å²) in [6, 6.07) is 53.4. The van der Waals surface area contributed by atoms with Crippen molar-refractivity contribution >= 4 is 54.3 Å². The molecule has 0 bridgehead atoms. The zero-order valence-corrected chi connectivity index (χ0v) is 25.8. The molecular weight excluding hydrogens is 556 g/mol.